The Labute approximate surface area is 141 Å². The van der Waals surface area contributed by atoms with E-state index in [9.17, 15) is 9.90 Å². The zero-order valence-corrected chi connectivity index (χ0v) is 13.7. The number of pyridine rings is 1. The summed E-state index contributed by atoms with van der Waals surface area (Å²) in [6.07, 6.45) is 8.00. The SMILES string of the molecule is CN(CC1(O)CCCN(c2ncccn2)C1)C(=O)c1cccnc1. The van der Waals surface area contributed by atoms with Crippen LogP contribution in [0.15, 0.2) is 43.0 Å². The quantitative estimate of drug-likeness (QED) is 0.901. The maximum absolute atomic E-state index is 12.4. The lowest BCUT2D eigenvalue weighted by atomic mass is 9.92. The zero-order chi connectivity index (χ0) is 17.0. The summed E-state index contributed by atoms with van der Waals surface area (Å²) in [5, 5.41) is 11.0. The third-order valence-electron chi connectivity index (χ3n) is 4.18. The van der Waals surface area contributed by atoms with Gasteiger partial charge in [0.25, 0.3) is 5.91 Å². The fraction of sp³-hybridized carbons (Fsp3) is 0.412. The Hall–Kier alpha value is -2.54. The Kier molecular flexibility index (Phi) is 4.71. The number of hydrogen-bond donors (Lipinski definition) is 1. The minimum Gasteiger partial charge on any atom is -0.386 e. The van der Waals surface area contributed by atoms with Crippen LogP contribution in [0.4, 0.5) is 5.95 Å². The summed E-state index contributed by atoms with van der Waals surface area (Å²) in [7, 11) is 1.70. The van der Waals surface area contributed by atoms with Gasteiger partial charge in [-0.25, -0.2) is 9.97 Å². The Balaban J connectivity index is 1.68. The van der Waals surface area contributed by atoms with Crippen molar-refractivity contribution in [1.82, 2.24) is 19.9 Å². The van der Waals surface area contributed by atoms with Crippen molar-refractivity contribution in [3.05, 3.63) is 48.5 Å². The molecule has 3 heterocycles. The molecule has 1 unspecified atom stereocenters. The Bertz CT molecular complexity index is 682. The fourth-order valence-corrected chi connectivity index (χ4v) is 3.09. The second-order valence-corrected chi connectivity index (χ2v) is 6.20. The van der Waals surface area contributed by atoms with Gasteiger partial charge < -0.3 is 14.9 Å². The summed E-state index contributed by atoms with van der Waals surface area (Å²) in [6.45, 7) is 1.46. The van der Waals surface area contributed by atoms with Crippen LogP contribution in [0.5, 0.6) is 0 Å². The number of piperidine rings is 1. The van der Waals surface area contributed by atoms with Crippen LogP contribution < -0.4 is 4.90 Å². The molecular weight excluding hydrogens is 306 g/mol. The van der Waals surface area contributed by atoms with E-state index in [1.807, 2.05) is 4.90 Å². The van der Waals surface area contributed by atoms with Crippen LogP contribution in [0.3, 0.4) is 0 Å². The third kappa shape index (κ3) is 3.68. The molecule has 0 radical (unpaired) electrons. The molecule has 24 heavy (non-hydrogen) atoms. The molecule has 1 N–H and O–H groups in total. The number of anilines is 1. The first-order chi connectivity index (χ1) is 11.6. The summed E-state index contributed by atoms with van der Waals surface area (Å²) in [5.41, 5.74) is -0.466. The average molecular weight is 327 g/mol. The van der Waals surface area contributed by atoms with Crippen molar-refractivity contribution in [2.45, 2.75) is 18.4 Å². The summed E-state index contributed by atoms with van der Waals surface area (Å²) < 4.78 is 0. The topological polar surface area (TPSA) is 82.5 Å². The van der Waals surface area contributed by atoms with Gasteiger partial charge in [0.15, 0.2) is 0 Å². The van der Waals surface area contributed by atoms with Crippen molar-refractivity contribution in [2.24, 2.45) is 0 Å². The molecule has 1 aliphatic rings. The minimum atomic E-state index is -0.982. The van der Waals surface area contributed by atoms with Gasteiger partial charge in [-0.05, 0) is 31.0 Å². The maximum atomic E-state index is 12.4. The number of hydrogen-bond acceptors (Lipinski definition) is 6. The molecule has 126 valence electrons. The zero-order valence-electron chi connectivity index (χ0n) is 13.7. The van der Waals surface area contributed by atoms with Crippen LogP contribution in [0, 0.1) is 0 Å². The molecule has 7 heteroatoms. The normalized spacial score (nSPS) is 20.7. The van der Waals surface area contributed by atoms with Crippen molar-refractivity contribution < 1.29 is 9.90 Å². The molecule has 1 fully saturated rings. The largest absolute Gasteiger partial charge is 0.386 e. The average Bonchev–Trinajstić information content (AvgIpc) is 2.62. The number of aliphatic hydroxyl groups is 1. The summed E-state index contributed by atoms with van der Waals surface area (Å²) >= 11 is 0. The molecule has 0 aliphatic carbocycles. The number of amides is 1. The van der Waals surface area contributed by atoms with E-state index < -0.39 is 5.60 Å². The summed E-state index contributed by atoms with van der Waals surface area (Å²) in [6, 6.07) is 5.21. The Morgan fingerprint density at radius 1 is 1.33 bits per heavy atom. The molecule has 1 aliphatic heterocycles. The lowest BCUT2D eigenvalue weighted by Gasteiger charge is -2.41. The van der Waals surface area contributed by atoms with Crippen molar-refractivity contribution in [3.63, 3.8) is 0 Å². The van der Waals surface area contributed by atoms with Crippen molar-refractivity contribution >= 4 is 11.9 Å². The van der Waals surface area contributed by atoms with E-state index >= 15 is 0 Å². The van der Waals surface area contributed by atoms with Crippen LogP contribution in [0.25, 0.3) is 0 Å². The van der Waals surface area contributed by atoms with E-state index in [1.165, 1.54) is 6.20 Å². The van der Waals surface area contributed by atoms with E-state index in [2.05, 4.69) is 15.0 Å². The lowest BCUT2D eigenvalue weighted by Crippen LogP contribution is -2.55. The molecule has 2 aromatic rings. The highest BCUT2D eigenvalue weighted by Gasteiger charge is 2.36. The highest BCUT2D eigenvalue weighted by Crippen LogP contribution is 2.24. The van der Waals surface area contributed by atoms with Gasteiger partial charge in [0.1, 0.15) is 0 Å². The monoisotopic (exact) mass is 327 g/mol. The van der Waals surface area contributed by atoms with Gasteiger partial charge in [-0.2, -0.15) is 0 Å². The van der Waals surface area contributed by atoms with E-state index in [4.69, 9.17) is 0 Å². The number of nitrogens with zero attached hydrogens (tertiary/aromatic N) is 5. The molecule has 3 rings (SSSR count). The smallest absolute Gasteiger partial charge is 0.255 e. The molecule has 1 saturated heterocycles. The summed E-state index contributed by atoms with van der Waals surface area (Å²) in [4.78, 5) is 28.4. The van der Waals surface area contributed by atoms with Crippen LogP contribution in [0.2, 0.25) is 0 Å². The molecule has 1 amide bonds. The van der Waals surface area contributed by atoms with E-state index in [1.54, 1.807) is 48.7 Å². The Morgan fingerprint density at radius 3 is 2.83 bits per heavy atom. The molecule has 2 aromatic heterocycles. The lowest BCUT2D eigenvalue weighted by molar-refractivity contribution is -0.000307. The standard InChI is InChI=1S/C17H21N5O2/c1-21(15(23)14-5-2-7-18-11-14)12-17(24)6-3-10-22(13-17)16-19-8-4-9-20-16/h2,4-5,7-9,11,24H,3,6,10,12-13H2,1H3. The van der Waals surface area contributed by atoms with Gasteiger partial charge >= 0.3 is 0 Å². The molecule has 0 aromatic carbocycles. The second kappa shape index (κ2) is 6.92. The van der Waals surface area contributed by atoms with E-state index in [0.717, 1.165) is 13.0 Å². The molecule has 0 saturated carbocycles. The predicted octanol–water partition coefficient (Wildman–Crippen LogP) is 0.975. The molecule has 0 bridgehead atoms. The van der Waals surface area contributed by atoms with Crippen molar-refractivity contribution in [2.75, 3.05) is 31.6 Å². The first-order valence-corrected chi connectivity index (χ1v) is 7.97. The fourth-order valence-electron chi connectivity index (χ4n) is 3.09. The highest BCUT2D eigenvalue weighted by atomic mass is 16.3. The third-order valence-corrected chi connectivity index (χ3v) is 4.18. The minimum absolute atomic E-state index is 0.149. The second-order valence-electron chi connectivity index (χ2n) is 6.20. The number of likely N-dealkylation sites (N-methyl/N-ethyl adjacent to an activating group) is 1. The number of β-amino-alcohol motifs (C(OH)–C–C–N with tert-alkyl or cyclic N) is 1. The van der Waals surface area contributed by atoms with Gasteiger partial charge in [0.2, 0.25) is 5.95 Å². The predicted molar refractivity (Wildman–Crippen MR) is 89.6 cm³/mol. The number of carbonyl (C=O) groups is 1. The summed E-state index contributed by atoms with van der Waals surface area (Å²) in [5.74, 6) is 0.460. The van der Waals surface area contributed by atoms with Gasteiger partial charge in [0.05, 0.1) is 24.3 Å². The first kappa shape index (κ1) is 16.3. The molecular formula is C17H21N5O2. The maximum Gasteiger partial charge on any atom is 0.255 e. The van der Waals surface area contributed by atoms with E-state index in [-0.39, 0.29) is 12.5 Å². The molecule has 1 atom stereocenters. The van der Waals surface area contributed by atoms with Gasteiger partial charge in [-0.1, -0.05) is 0 Å². The number of aromatic nitrogens is 3. The molecule has 0 spiro atoms. The Morgan fingerprint density at radius 2 is 2.12 bits per heavy atom. The molecule has 7 nitrogen and oxygen atoms in total. The van der Waals surface area contributed by atoms with Gasteiger partial charge in [-0.15, -0.1) is 0 Å². The number of carbonyl (C=O) groups excluding carboxylic acids is 1. The first-order valence-electron chi connectivity index (χ1n) is 7.97. The van der Waals surface area contributed by atoms with Crippen LogP contribution in [-0.4, -0.2) is 63.1 Å². The highest BCUT2D eigenvalue weighted by molar-refractivity contribution is 5.93. The van der Waals surface area contributed by atoms with Crippen LogP contribution >= 0.6 is 0 Å². The van der Waals surface area contributed by atoms with Gasteiger partial charge in [-0.3, -0.25) is 9.78 Å². The number of rotatable bonds is 4. The van der Waals surface area contributed by atoms with E-state index in [0.29, 0.717) is 24.5 Å². The van der Waals surface area contributed by atoms with Crippen LogP contribution in [-0.2, 0) is 0 Å². The van der Waals surface area contributed by atoms with Crippen molar-refractivity contribution in [1.29, 1.82) is 0 Å². The van der Waals surface area contributed by atoms with Crippen molar-refractivity contribution in [3.8, 4) is 0 Å². The van der Waals surface area contributed by atoms with Gasteiger partial charge in [0, 0.05) is 38.4 Å². The van der Waals surface area contributed by atoms with Crippen LogP contribution in [0.1, 0.15) is 23.2 Å².